The van der Waals surface area contributed by atoms with Crippen LogP contribution < -0.4 is 5.32 Å². The first-order chi connectivity index (χ1) is 9.52. The Morgan fingerprint density at radius 2 is 2.15 bits per heavy atom. The van der Waals surface area contributed by atoms with Crippen LogP contribution in [0.4, 0.5) is 10.1 Å². The van der Waals surface area contributed by atoms with Gasteiger partial charge >= 0.3 is 5.97 Å². The van der Waals surface area contributed by atoms with Crippen LogP contribution in [0.2, 0.25) is 0 Å². The number of methoxy groups -OCH3 is 1. The van der Waals surface area contributed by atoms with E-state index in [1.165, 1.54) is 24.6 Å². The predicted octanol–water partition coefficient (Wildman–Crippen LogP) is 2.63. The van der Waals surface area contributed by atoms with E-state index >= 15 is 0 Å². The van der Waals surface area contributed by atoms with Gasteiger partial charge in [0.1, 0.15) is 10.7 Å². The van der Waals surface area contributed by atoms with Gasteiger partial charge in [0.25, 0.3) is 5.91 Å². The van der Waals surface area contributed by atoms with Crippen molar-refractivity contribution >= 4 is 28.9 Å². The number of esters is 1. The number of thiophene rings is 1. The number of ether oxygens (including phenoxy) is 1. The molecule has 2 rings (SSSR count). The summed E-state index contributed by atoms with van der Waals surface area (Å²) in [6, 6.07) is 1.07. The lowest BCUT2D eigenvalue weighted by Crippen LogP contribution is -2.15. The van der Waals surface area contributed by atoms with Crippen LogP contribution >= 0.6 is 11.3 Å². The van der Waals surface area contributed by atoms with Crippen LogP contribution in [0, 0.1) is 12.7 Å². The lowest BCUT2D eigenvalue weighted by atomic mass is 10.2. The highest BCUT2D eigenvalue weighted by Gasteiger charge is 2.19. The normalized spacial score (nSPS) is 10.2. The SMILES string of the molecule is COC(=O)c1scc(C)c1NC(=O)c1cncc(F)c1. The maximum atomic E-state index is 13.0. The monoisotopic (exact) mass is 294 g/mol. The topological polar surface area (TPSA) is 68.3 Å². The Hall–Kier alpha value is -2.28. The number of nitrogens with one attached hydrogen (secondary N) is 1. The zero-order chi connectivity index (χ0) is 14.7. The van der Waals surface area contributed by atoms with Gasteiger partial charge in [-0.1, -0.05) is 0 Å². The molecule has 0 fully saturated rings. The van der Waals surface area contributed by atoms with Crippen molar-refractivity contribution in [2.24, 2.45) is 0 Å². The molecule has 1 amide bonds. The van der Waals surface area contributed by atoms with Crippen molar-refractivity contribution < 1.29 is 18.7 Å². The van der Waals surface area contributed by atoms with Crippen LogP contribution in [0.3, 0.4) is 0 Å². The van der Waals surface area contributed by atoms with Crippen molar-refractivity contribution in [3.63, 3.8) is 0 Å². The van der Waals surface area contributed by atoms with Gasteiger partial charge in [0, 0.05) is 6.20 Å². The summed E-state index contributed by atoms with van der Waals surface area (Å²) in [5.41, 5.74) is 1.18. The summed E-state index contributed by atoms with van der Waals surface area (Å²) in [5.74, 6) is -1.67. The molecule has 0 aliphatic rings. The molecule has 0 saturated heterocycles. The minimum Gasteiger partial charge on any atom is -0.465 e. The van der Waals surface area contributed by atoms with Crippen molar-refractivity contribution in [1.29, 1.82) is 0 Å². The summed E-state index contributed by atoms with van der Waals surface area (Å²) >= 11 is 1.17. The molecule has 2 aromatic heterocycles. The van der Waals surface area contributed by atoms with E-state index in [1.807, 2.05) is 0 Å². The van der Waals surface area contributed by atoms with Crippen LogP contribution in [-0.2, 0) is 4.74 Å². The highest BCUT2D eigenvalue weighted by atomic mass is 32.1. The van der Waals surface area contributed by atoms with E-state index in [1.54, 1.807) is 12.3 Å². The molecule has 0 bridgehead atoms. The molecule has 7 heteroatoms. The van der Waals surface area contributed by atoms with Crippen molar-refractivity contribution in [2.75, 3.05) is 12.4 Å². The number of pyridine rings is 1. The summed E-state index contributed by atoms with van der Waals surface area (Å²) in [4.78, 5) is 27.5. The van der Waals surface area contributed by atoms with Gasteiger partial charge in [-0.05, 0) is 23.9 Å². The number of halogens is 1. The number of carbonyl (C=O) groups excluding carboxylic acids is 2. The van der Waals surface area contributed by atoms with E-state index in [0.717, 1.165) is 17.8 Å². The Kier molecular flexibility index (Phi) is 4.09. The summed E-state index contributed by atoms with van der Waals surface area (Å²) in [5, 5.41) is 4.31. The zero-order valence-electron chi connectivity index (χ0n) is 10.8. The molecule has 0 saturated carbocycles. The lowest BCUT2D eigenvalue weighted by molar-refractivity contribution is 0.0607. The number of hydrogen-bond acceptors (Lipinski definition) is 5. The number of rotatable bonds is 3. The average Bonchev–Trinajstić information content (AvgIpc) is 2.79. The number of amides is 1. The number of nitrogens with zero attached hydrogens (tertiary/aromatic N) is 1. The highest BCUT2D eigenvalue weighted by molar-refractivity contribution is 7.12. The van der Waals surface area contributed by atoms with Gasteiger partial charge in [-0.15, -0.1) is 11.3 Å². The Morgan fingerprint density at radius 3 is 2.80 bits per heavy atom. The van der Waals surface area contributed by atoms with Gasteiger partial charge in [0.05, 0.1) is 24.6 Å². The van der Waals surface area contributed by atoms with E-state index in [4.69, 9.17) is 0 Å². The largest absolute Gasteiger partial charge is 0.465 e. The highest BCUT2D eigenvalue weighted by Crippen LogP contribution is 2.28. The number of aryl methyl sites for hydroxylation is 1. The molecule has 5 nitrogen and oxygen atoms in total. The third-order valence-electron chi connectivity index (χ3n) is 2.55. The fourth-order valence-corrected chi connectivity index (χ4v) is 2.49. The number of aromatic nitrogens is 1. The van der Waals surface area contributed by atoms with Crippen LogP contribution in [0.15, 0.2) is 23.8 Å². The van der Waals surface area contributed by atoms with Gasteiger partial charge in [-0.2, -0.15) is 0 Å². The lowest BCUT2D eigenvalue weighted by Gasteiger charge is -2.07. The van der Waals surface area contributed by atoms with Crippen LogP contribution in [0.5, 0.6) is 0 Å². The molecule has 0 aromatic carbocycles. The number of carbonyl (C=O) groups is 2. The van der Waals surface area contributed by atoms with E-state index in [2.05, 4.69) is 15.0 Å². The summed E-state index contributed by atoms with van der Waals surface area (Å²) < 4.78 is 17.7. The van der Waals surface area contributed by atoms with Gasteiger partial charge in [-0.25, -0.2) is 9.18 Å². The zero-order valence-corrected chi connectivity index (χ0v) is 11.6. The minimum atomic E-state index is -0.604. The van der Waals surface area contributed by atoms with Gasteiger partial charge in [0.15, 0.2) is 0 Å². The standard InChI is InChI=1S/C13H11FN2O3S/c1-7-6-20-11(13(18)19-2)10(7)16-12(17)8-3-9(14)5-15-4-8/h3-6H,1-2H3,(H,16,17). The molecule has 0 aliphatic carbocycles. The molecular formula is C13H11FN2O3S. The van der Waals surface area contributed by atoms with Crippen molar-refractivity contribution in [2.45, 2.75) is 6.92 Å². The molecule has 0 atom stereocenters. The maximum absolute atomic E-state index is 13.0. The molecule has 2 aromatic rings. The predicted molar refractivity (Wildman–Crippen MR) is 72.5 cm³/mol. The minimum absolute atomic E-state index is 0.0754. The van der Waals surface area contributed by atoms with E-state index < -0.39 is 17.7 Å². The summed E-state index contributed by atoms with van der Waals surface area (Å²) in [7, 11) is 1.26. The van der Waals surface area contributed by atoms with Gasteiger partial charge < -0.3 is 10.1 Å². The molecule has 0 spiro atoms. The Balaban J connectivity index is 2.28. The number of anilines is 1. The van der Waals surface area contributed by atoms with Crippen LogP contribution in [0.25, 0.3) is 0 Å². The quantitative estimate of drug-likeness (QED) is 0.884. The third kappa shape index (κ3) is 2.83. The summed E-state index contributed by atoms with van der Waals surface area (Å²) in [6.45, 7) is 1.75. The number of hydrogen-bond donors (Lipinski definition) is 1. The second-order valence-corrected chi connectivity index (χ2v) is 4.84. The van der Waals surface area contributed by atoms with Crippen LogP contribution in [-0.4, -0.2) is 24.0 Å². The van der Waals surface area contributed by atoms with E-state index in [-0.39, 0.29) is 5.56 Å². The second-order valence-electron chi connectivity index (χ2n) is 3.96. The van der Waals surface area contributed by atoms with Gasteiger partial charge in [0.2, 0.25) is 0 Å². The Bertz CT molecular complexity index is 669. The molecule has 0 aliphatic heterocycles. The van der Waals surface area contributed by atoms with Crippen molar-refractivity contribution in [1.82, 2.24) is 4.98 Å². The first-order valence-corrected chi connectivity index (χ1v) is 6.49. The fraction of sp³-hybridized carbons (Fsp3) is 0.154. The Labute approximate surface area is 118 Å². The molecule has 20 heavy (non-hydrogen) atoms. The summed E-state index contributed by atoms with van der Waals surface area (Å²) in [6.07, 6.45) is 2.25. The molecule has 0 unspecified atom stereocenters. The Morgan fingerprint density at radius 1 is 1.40 bits per heavy atom. The molecule has 1 N–H and O–H groups in total. The molecule has 0 radical (unpaired) electrons. The third-order valence-corrected chi connectivity index (χ3v) is 3.63. The molecular weight excluding hydrogens is 283 g/mol. The van der Waals surface area contributed by atoms with Crippen molar-refractivity contribution in [3.8, 4) is 0 Å². The van der Waals surface area contributed by atoms with E-state index in [0.29, 0.717) is 10.6 Å². The van der Waals surface area contributed by atoms with Crippen LogP contribution in [0.1, 0.15) is 25.6 Å². The average molecular weight is 294 g/mol. The van der Waals surface area contributed by atoms with Crippen molar-refractivity contribution in [3.05, 3.63) is 45.7 Å². The van der Waals surface area contributed by atoms with Gasteiger partial charge in [-0.3, -0.25) is 9.78 Å². The molecule has 104 valence electrons. The first-order valence-electron chi connectivity index (χ1n) is 5.61. The first kappa shape index (κ1) is 14.1. The van der Waals surface area contributed by atoms with E-state index in [9.17, 15) is 14.0 Å². The molecule has 2 heterocycles. The smallest absolute Gasteiger partial charge is 0.350 e. The second kappa shape index (κ2) is 5.79. The maximum Gasteiger partial charge on any atom is 0.350 e. The fourth-order valence-electron chi connectivity index (χ4n) is 1.56.